The van der Waals surface area contributed by atoms with Crippen LogP contribution in [0, 0.1) is 13.8 Å². The van der Waals surface area contributed by atoms with E-state index < -0.39 is 20.6 Å². The van der Waals surface area contributed by atoms with Gasteiger partial charge in [-0.1, -0.05) is 6.07 Å². The van der Waals surface area contributed by atoms with Crippen molar-refractivity contribution < 1.29 is 8.63 Å². The molecule has 0 radical (unpaired) electrons. The van der Waals surface area contributed by atoms with Crippen LogP contribution in [0.4, 0.5) is 22.7 Å². The van der Waals surface area contributed by atoms with Crippen LogP contribution in [-0.2, 0) is 9.73 Å². The lowest BCUT2D eigenvalue weighted by molar-refractivity contribution is 0.449. The molecule has 0 saturated carbocycles. The molecule has 4 rings (SSSR count). The van der Waals surface area contributed by atoms with Gasteiger partial charge in [-0.3, -0.25) is 9.59 Å². The van der Waals surface area contributed by atoms with Crippen LogP contribution in [0.15, 0.2) is 47.5 Å². The molecule has 1 aliphatic rings. The molecule has 4 N–H and O–H groups in total. The number of aryl methyl sites for hydroxylation is 2. The van der Waals surface area contributed by atoms with Crippen LogP contribution in [-0.4, -0.2) is 28.5 Å². The highest BCUT2D eigenvalue weighted by Crippen LogP contribution is 2.40. The Labute approximate surface area is 197 Å². The summed E-state index contributed by atoms with van der Waals surface area (Å²) in [5, 5.41) is 6.51. The van der Waals surface area contributed by atoms with Crippen LogP contribution >= 0.6 is 11.8 Å². The van der Waals surface area contributed by atoms with Crippen LogP contribution < -0.4 is 27.2 Å². The summed E-state index contributed by atoms with van der Waals surface area (Å²) in [5.41, 5.74) is 6.89. The highest BCUT2D eigenvalue weighted by molar-refractivity contribution is 8.00. The van der Waals surface area contributed by atoms with E-state index in [1.807, 2.05) is 37.7 Å². The smallest absolute Gasteiger partial charge is 0.253 e. The number of furan rings is 1. The molecule has 3 aromatic rings. The van der Waals surface area contributed by atoms with Gasteiger partial charge in [-0.2, -0.15) is 11.8 Å². The van der Waals surface area contributed by atoms with Gasteiger partial charge in [0.15, 0.2) is 0 Å². The number of nitrogen functional groups attached to an aromatic ring is 1. The predicted molar refractivity (Wildman–Crippen MR) is 136 cm³/mol. The summed E-state index contributed by atoms with van der Waals surface area (Å²) in [4.78, 5) is 25.4. The first-order valence-corrected chi connectivity index (χ1v) is 13.7. The highest BCUT2D eigenvalue weighted by atomic mass is 32.2. The molecular formula is C23H28N4O4S2. The highest BCUT2D eigenvalue weighted by Gasteiger charge is 2.33. The molecule has 1 fully saturated rings. The number of nitrogens with zero attached hydrogens (tertiary/aromatic N) is 1. The van der Waals surface area contributed by atoms with Crippen molar-refractivity contribution >= 4 is 44.2 Å². The zero-order valence-electron chi connectivity index (χ0n) is 19.1. The first-order valence-electron chi connectivity index (χ1n) is 10.7. The van der Waals surface area contributed by atoms with Crippen LogP contribution in [0.1, 0.15) is 36.0 Å². The van der Waals surface area contributed by atoms with Gasteiger partial charge in [0.05, 0.1) is 32.0 Å². The summed E-state index contributed by atoms with van der Waals surface area (Å²) in [7, 11) is -1.21. The van der Waals surface area contributed by atoms with Crippen LogP contribution in [0.2, 0.25) is 0 Å². The summed E-state index contributed by atoms with van der Waals surface area (Å²) >= 11 is 1.83. The summed E-state index contributed by atoms with van der Waals surface area (Å²) < 4.78 is 22.8. The fraction of sp³-hybridized carbons (Fsp3) is 0.391. The fourth-order valence-electron chi connectivity index (χ4n) is 4.18. The van der Waals surface area contributed by atoms with Gasteiger partial charge in [-0.05, 0) is 56.2 Å². The van der Waals surface area contributed by atoms with E-state index in [1.54, 1.807) is 12.1 Å². The van der Waals surface area contributed by atoms with E-state index >= 15 is 0 Å². The van der Waals surface area contributed by atoms with Crippen molar-refractivity contribution in [2.75, 3.05) is 35.4 Å². The average Bonchev–Trinajstić information content (AvgIpc) is 3.46. The average molecular weight is 489 g/mol. The quantitative estimate of drug-likeness (QED) is 0.337. The Balaban J connectivity index is 1.70. The molecule has 1 aromatic heterocycles. The van der Waals surface area contributed by atoms with Gasteiger partial charge in [0.1, 0.15) is 22.9 Å². The van der Waals surface area contributed by atoms with Crippen LogP contribution in [0.5, 0.6) is 0 Å². The van der Waals surface area contributed by atoms with Gasteiger partial charge in [-0.15, -0.1) is 0 Å². The largest absolute Gasteiger partial charge is 0.464 e. The molecule has 8 nitrogen and oxygen atoms in total. The first kappa shape index (κ1) is 23.4. The molecule has 2 aromatic carbocycles. The van der Waals surface area contributed by atoms with E-state index in [1.165, 1.54) is 13.3 Å². The molecule has 176 valence electrons. The van der Waals surface area contributed by atoms with Crippen molar-refractivity contribution in [3.63, 3.8) is 0 Å². The normalized spacial score (nSPS) is 18.7. The van der Waals surface area contributed by atoms with Gasteiger partial charge in [0.25, 0.3) is 10.9 Å². The summed E-state index contributed by atoms with van der Waals surface area (Å²) in [6.45, 7) is 3.68. The number of nitrogens with two attached hydrogens (primary N) is 1. The minimum absolute atomic E-state index is 0.147. The molecule has 0 aliphatic carbocycles. The van der Waals surface area contributed by atoms with Crippen LogP contribution in [0.3, 0.4) is 0 Å². The van der Waals surface area contributed by atoms with Gasteiger partial charge in [0, 0.05) is 18.6 Å². The minimum Gasteiger partial charge on any atom is -0.464 e. The van der Waals surface area contributed by atoms with Crippen molar-refractivity contribution in [2.24, 2.45) is 4.36 Å². The van der Waals surface area contributed by atoms with Gasteiger partial charge < -0.3 is 20.8 Å². The third-order valence-corrected chi connectivity index (χ3v) is 9.45. The molecule has 1 saturated heterocycles. The summed E-state index contributed by atoms with van der Waals surface area (Å²) in [5.74, 6) is 2.56. The Kier molecular flexibility index (Phi) is 6.32. The Morgan fingerprint density at radius 2 is 1.91 bits per heavy atom. The van der Waals surface area contributed by atoms with E-state index in [4.69, 9.17) is 10.2 Å². The zero-order chi connectivity index (χ0) is 23.9. The van der Waals surface area contributed by atoms with E-state index in [0.717, 1.165) is 35.7 Å². The molecule has 0 amide bonds. The second-order valence-corrected chi connectivity index (χ2v) is 12.0. The number of hydrogen-bond donors (Lipinski definition) is 3. The Bertz CT molecular complexity index is 1390. The first-order chi connectivity index (χ1) is 15.6. The zero-order valence-corrected chi connectivity index (χ0v) is 20.7. The van der Waals surface area contributed by atoms with Crippen LogP contribution in [0.25, 0.3) is 0 Å². The lowest BCUT2D eigenvalue weighted by atomic mass is 10.0. The maximum absolute atomic E-state index is 12.9. The second kappa shape index (κ2) is 8.90. The van der Waals surface area contributed by atoms with Gasteiger partial charge in [-0.25, -0.2) is 8.57 Å². The monoisotopic (exact) mass is 488 g/mol. The third kappa shape index (κ3) is 4.29. The second-order valence-electron chi connectivity index (χ2n) is 8.31. The summed E-state index contributed by atoms with van der Waals surface area (Å²) in [6.07, 6.45) is 3.60. The SMILES string of the molecule is CN=S(C)(=O)c1c(C)ccc(Nc2c(N[C@@H](c3ccc(C)o3)C3CCCS3)c(=O)c2=O)c1N. The molecular weight excluding hydrogens is 460 g/mol. The Morgan fingerprint density at radius 3 is 2.52 bits per heavy atom. The number of rotatable bonds is 7. The summed E-state index contributed by atoms with van der Waals surface area (Å²) in [6, 6.07) is 7.03. The standard InChI is InChI=1S/C23H28N4O4S2/c1-12-7-9-14(17(24)23(12)33(4,30)25-3)26-19-20(22(29)21(19)28)27-18(16-6-5-11-32-16)15-10-8-13(2)31-15/h7-10,16,18,26-27H,5-6,11,24H2,1-4H3/t16?,18-,33?/m0/s1. The Morgan fingerprint density at radius 1 is 1.18 bits per heavy atom. The molecule has 2 heterocycles. The number of benzene rings is 1. The molecule has 10 heteroatoms. The number of anilines is 4. The van der Waals surface area contributed by atoms with Crippen molar-refractivity contribution in [3.8, 4) is 0 Å². The molecule has 0 spiro atoms. The lowest BCUT2D eigenvalue weighted by Crippen LogP contribution is -2.38. The maximum Gasteiger partial charge on any atom is 0.253 e. The van der Waals surface area contributed by atoms with E-state index in [0.29, 0.717) is 10.6 Å². The molecule has 0 bridgehead atoms. The number of thioether (sulfide) groups is 1. The Hall–Kier alpha value is -2.72. The number of hydrogen-bond acceptors (Lipinski definition) is 9. The van der Waals surface area contributed by atoms with Crippen molar-refractivity contribution in [3.05, 3.63) is 61.8 Å². The number of nitrogens with one attached hydrogen (secondary N) is 2. The van der Waals surface area contributed by atoms with Gasteiger partial charge >= 0.3 is 0 Å². The maximum atomic E-state index is 12.9. The predicted octanol–water partition coefficient (Wildman–Crippen LogP) is 3.95. The topological polar surface area (TPSA) is 127 Å². The van der Waals surface area contributed by atoms with E-state index in [2.05, 4.69) is 15.0 Å². The lowest BCUT2D eigenvalue weighted by Gasteiger charge is -2.26. The van der Waals surface area contributed by atoms with Crippen molar-refractivity contribution in [1.29, 1.82) is 0 Å². The molecule has 33 heavy (non-hydrogen) atoms. The van der Waals surface area contributed by atoms with Crippen molar-refractivity contribution in [1.82, 2.24) is 0 Å². The van der Waals surface area contributed by atoms with Crippen molar-refractivity contribution in [2.45, 2.75) is 42.9 Å². The third-order valence-electron chi connectivity index (χ3n) is 5.99. The van der Waals surface area contributed by atoms with E-state index in [9.17, 15) is 13.8 Å². The minimum atomic E-state index is -2.70. The molecule has 3 atom stereocenters. The van der Waals surface area contributed by atoms with E-state index in [-0.39, 0.29) is 28.4 Å². The molecule has 2 unspecified atom stereocenters. The van der Waals surface area contributed by atoms with Gasteiger partial charge in [0.2, 0.25) is 0 Å². The fourth-order valence-corrected chi connectivity index (χ4v) is 6.91. The molecule has 1 aliphatic heterocycles.